The van der Waals surface area contributed by atoms with E-state index in [1.165, 1.54) is 19.2 Å². The number of carbonyl (C=O) groups excluding carboxylic acids is 1. The molecule has 1 aliphatic carbocycles. The molecule has 0 saturated heterocycles. The fraction of sp³-hybridized carbons (Fsp3) is 0.296. The summed E-state index contributed by atoms with van der Waals surface area (Å²) in [7, 11) is -2.60. The van der Waals surface area contributed by atoms with Gasteiger partial charge < -0.3 is 14.2 Å². The molecule has 1 fully saturated rings. The lowest BCUT2D eigenvalue weighted by Gasteiger charge is -2.20. The molecule has 1 atom stereocenters. The van der Waals surface area contributed by atoms with E-state index in [1.807, 2.05) is 18.2 Å². The minimum Gasteiger partial charge on any atom is -0.493 e. The van der Waals surface area contributed by atoms with E-state index < -0.39 is 27.4 Å². The number of nitrogens with one attached hydrogen (secondary N) is 1. The molecule has 0 aliphatic heterocycles. The third-order valence-corrected chi connectivity index (χ3v) is 8.24. The van der Waals surface area contributed by atoms with Gasteiger partial charge in [0.2, 0.25) is 5.91 Å². The highest BCUT2D eigenvalue weighted by Crippen LogP contribution is 2.39. The van der Waals surface area contributed by atoms with E-state index in [1.54, 1.807) is 47.9 Å². The van der Waals surface area contributed by atoms with Crippen LogP contribution < -0.4 is 19.7 Å². The lowest BCUT2D eigenvalue weighted by Crippen LogP contribution is -2.25. The van der Waals surface area contributed by atoms with Crippen molar-refractivity contribution in [3.8, 4) is 23.0 Å². The molecular formula is C27H29NO7S. The second kappa shape index (κ2) is 11.5. The van der Waals surface area contributed by atoms with E-state index in [0.717, 1.165) is 25.7 Å². The molecule has 8 nitrogen and oxygen atoms in total. The highest BCUT2D eigenvalue weighted by Gasteiger charge is 2.33. The van der Waals surface area contributed by atoms with Crippen molar-refractivity contribution in [3.05, 3.63) is 78.4 Å². The van der Waals surface area contributed by atoms with Crippen molar-refractivity contribution in [3.63, 3.8) is 0 Å². The Morgan fingerprint density at radius 2 is 1.69 bits per heavy atom. The maximum Gasteiger partial charge on any atom is 0.244 e. The van der Waals surface area contributed by atoms with Gasteiger partial charge >= 0.3 is 0 Å². The molecule has 2 N–H and O–H groups in total. The Bertz CT molecular complexity index is 1290. The van der Waals surface area contributed by atoms with Crippen molar-refractivity contribution in [2.75, 3.05) is 7.11 Å². The maximum atomic E-state index is 13.8. The maximum absolute atomic E-state index is 13.8. The van der Waals surface area contributed by atoms with Gasteiger partial charge in [-0.15, -0.1) is 0 Å². The second-order valence-electron chi connectivity index (χ2n) is 8.60. The molecule has 0 aromatic heterocycles. The van der Waals surface area contributed by atoms with Crippen LogP contribution in [0.3, 0.4) is 0 Å². The second-order valence-corrected chi connectivity index (χ2v) is 10.7. The van der Waals surface area contributed by atoms with Crippen LogP contribution in [-0.4, -0.2) is 32.7 Å². The zero-order valence-electron chi connectivity index (χ0n) is 19.9. The topological polar surface area (TPSA) is 111 Å². The number of rotatable bonds is 10. The van der Waals surface area contributed by atoms with E-state index >= 15 is 0 Å². The van der Waals surface area contributed by atoms with Crippen molar-refractivity contribution in [1.29, 1.82) is 0 Å². The summed E-state index contributed by atoms with van der Waals surface area (Å²) in [6.07, 6.45) is 3.43. The Balaban J connectivity index is 1.70. The number of ether oxygens (including phenoxy) is 3. The van der Waals surface area contributed by atoms with Crippen LogP contribution in [0.5, 0.6) is 23.0 Å². The number of hydrogen-bond donors (Lipinski definition) is 2. The fourth-order valence-corrected chi connectivity index (χ4v) is 6.03. The van der Waals surface area contributed by atoms with Gasteiger partial charge in [-0.25, -0.2) is 13.9 Å². The summed E-state index contributed by atoms with van der Waals surface area (Å²) in [5.74, 6) is 0.962. The summed E-state index contributed by atoms with van der Waals surface area (Å²) >= 11 is 0. The number of methoxy groups -OCH3 is 1. The summed E-state index contributed by atoms with van der Waals surface area (Å²) in [5.41, 5.74) is 1.89. The molecule has 1 amide bonds. The van der Waals surface area contributed by atoms with Crippen LogP contribution in [0, 0.1) is 0 Å². The van der Waals surface area contributed by atoms with Crippen molar-refractivity contribution < 1.29 is 32.6 Å². The van der Waals surface area contributed by atoms with E-state index in [4.69, 9.17) is 19.4 Å². The molecule has 0 spiro atoms. The van der Waals surface area contributed by atoms with Crippen molar-refractivity contribution in [1.82, 2.24) is 5.48 Å². The number of carbonyl (C=O) groups is 1. The zero-order chi connectivity index (χ0) is 25.5. The van der Waals surface area contributed by atoms with Gasteiger partial charge in [0.15, 0.2) is 21.3 Å². The fourth-order valence-electron chi connectivity index (χ4n) is 4.30. The van der Waals surface area contributed by atoms with Crippen LogP contribution in [0.25, 0.3) is 0 Å². The van der Waals surface area contributed by atoms with E-state index in [9.17, 15) is 13.2 Å². The molecule has 1 saturated carbocycles. The Morgan fingerprint density at radius 1 is 0.972 bits per heavy atom. The number of amides is 1. The molecular weight excluding hydrogens is 482 g/mol. The predicted octanol–water partition coefficient (Wildman–Crippen LogP) is 5.22. The molecule has 1 aliphatic rings. The minimum atomic E-state index is -4.09. The van der Waals surface area contributed by atoms with Crippen molar-refractivity contribution in [2.24, 2.45) is 0 Å². The molecule has 0 heterocycles. The van der Waals surface area contributed by atoms with Gasteiger partial charge in [-0.1, -0.05) is 30.3 Å². The smallest absolute Gasteiger partial charge is 0.244 e. The summed E-state index contributed by atoms with van der Waals surface area (Å²) < 4.78 is 45.0. The Morgan fingerprint density at radius 3 is 2.39 bits per heavy atom. The average molecular weight is 512 g/mol. The molecule has 9 heteroatoms. The standard InChI is InChI=1S/C27H29NO7S/c1-33-24-15-14-23(17-25(24)35-21-11-5-6-12-21)36(31,32)26(18-27(29)28-30)19-8-7-13-22(16-19)34-20-9-3-2-4-10-20/h2-4,7-10,13-17,21,26,30H,5-6,11-12,18H2,1H3,(H,28,29). The Hall–Kier alpha value is -3.56. The van der Waals surface area contributed by atoms with Gasteiger partial charge in [-0.3, -0.25) is 10.0 Å². The van der Waals surface area contributed by atoms with Gasteiger partial charge in [0, 0.05) is 12.5 Å². The van der Waals surface area contributed by atoms with E-state index in [-0.39, 0.29) is 11.0 Å². The van der Waals surface area contributed by atoms with Gasteiger partial charge in [-0.05, 0) is 67.6 Å². The first-order valence-corrected chi connectivity index (χ1v) is 13.3. The van der Waals surface area contributed by atoms with Gasteiger partial charge in [0.05, 0.1) is 23.4 Å². The third kappa shape index (κ3) is 5.98. The highest BCUT2D eigenvalue weighted by atomic mass is 32.2. The molecule has 0 radical (unpaired) electrons. The normalized spacial score (nSPS) is 14.7. The molecule has 190 valence electrons. The zero-order valence-corrected chi connectivity index (χ0v) is 20.7. The summed E-state index contributed by atoms with van der Waals surface area (Å²) in [6, 6.07) is 20.1. The van der Waals surface area contributed by atoms with Gasteiger partial charge in [0.25, 0.3) is 0 Å². The Kier molecular flexibility index (Phi) is 8.12. The lowest BCUT2D eigenvalue weighted by atomic mass is 10.1. The monoisotopic (exact) mass is 511 g/mol. The van der Waals surface area contributed by atoms with Crippen molar-refractivity contribution in [2.45, 2.75) is 48.4 Å². The van der Waals surface area contributed by atoms with E-state index in [2.05, 4.69) is 0 Å². The van der Waals surface area contributed by atoms with Gasteiger partial charge in [0.1, 0.15) is 11.5 Å². The van der Waals surface area contributed by atoms with Crippen LogP contribution in [0.15, 0.2) is 77.7 Å². The number of hydroxylamine groups is 1. The minimum absolute atomic E-state index is 0.000338. The summed E-state index contributed by atoms with van der Waals surface area (Å²) in [6.45, 7) is 0. The van der Waals surface area contributed by atoms with Crippen LogP contribution >= 0.6 is 0 Å². The molecule has 1 unspecified atom stereocenters. The number of sulfone groups is 1. The first kappa shape index (κ1) is 25.5. The van der Waals surface area contributed by atoms with Crippen LogP contribution in [-0.2, 0) is 14.6 Å². The number of hydrogen-bond acceptors (Lipinski definition) is 7. The molecule has 3 aromatic rings. The predicted molar refractivity (Wildman–Crippen MR) is 133 cm³/mol. The van der Waals surface area contributed by atoms with Crippen LogP contribution in [0.2, 0.25) is 0 Å². The lowest BCUT2D eigenvalue weighted by molar-refractivity contribution is -0.129. The Labute approximate surface area is 210 Å². The van der Waals surface area contributed by atoms with Crippen LogP contribution in [0.4, 0.5) is 0 Å². The van der Waals surface area contributed by atoms with E-state index in [0.29, 0.717) is 28.6 Å². The average Bonchev–Trinajstić information content (AvgIpc) is 3.41. The van der Waals surface area contributed by atoms with Gasteiger partial charge in [-0.2, -0.15) is 0 Å². The van der Waals surface area contributed by atoms with Crippen molar-refractivity contribution >= 4 is 15.7 Å². The molecule has 0 bridgehead atoms. The summed E-state index contributed by atoms with van der Waals surface area (Å²) in [4.78, 5) is 12.1. The SMILES string of the molecule is COc1ccc(S(=O)(=O)C(CC(=O)NO)c2cccc(Oc3ccccc3)c2)cc1OC1CCCC1. The first-order valence-electron chi connectivity index (χ1n) is 11.7. The third-order valence-electron chi connectivity index (χ3n) is 6.14. The molecule has 36 heavy (non-hydrogen) atoms. The largest absolute Gasteiger partial charge is 0.493 e. The first-order chi connectivity index (χ1) is 17.4. The highest BCUT2D eigenvalue weighted by molar-refractivity contribution is 7.91. The summed E-state index contributed by atoms with van der Waals surface area (Å²) in [5, 5.41) is 7.85. The number of para-hydroxylation sites is 1. The quantitative estimate of drug-likeness (QED) is 0.284. The molecule has 3 aromatic carbocycles. The molecule has 4 rings (SSSR count). The number of benzene rings is 3. The van der Waals surface area contributed by atoms with Crippen LogP contribution in [0.1, 0.15) is 42.9 Å².